The molecule has 0 bridgehead atoms. The fraction of sp³-hybridized carbons (Fsp3) is 0.0175. The van der Waals surface area contributed by atoms with Crippen LogP contribution in [0.15, 0.2) is 242 Å². The summed E-state index contributed by atoms with van der Waals surface area (Å²) in [5, 5.41) is 5.17. The molecule has 0 N–H and O–H groups in total. The van der Waals surface area contributed by atoms with Crippen LogP contribution in [0.4, 0.5) is 11.4 Å². The average molecular weight is 772 g/mol. The van der Waals surface area contributed by atoms with E-state index in [4.69, 9.17) is 0 Å². The van der Waals surface area contributed by atoms with Gasteiger partial charge in [-0.05, 0) is 128 Å². The molecule has 1 aliphatic carbocycles. The van der Waals surface area contributed by atoms with Crippen molar-refractivity contribution in [3.8, 4) is 44.5 Å². The van der Waals surface area contributed by atoms with Gasteiger partial charge < -0.3 is 4.90 Å². The van der Waals surface area contributed by atoms with Crippen LogP contribution in [0.2, 0.25) is 0 Å². The van der Waals surface area contributed by atoms with Gasteiger partial charge in [-0.15, -0.1) is 11.3 Å². The molecule has 1 nitrogen and oxygen atoms in total. The summed E-state index contributed by atoms with van der Waals surface area (Å²) in [5.74, 6) is 0. The zero-order chi connectivity index (χ0) is 39.5. The summed E-state index contributed by atoms with van der Waals surface area (Å²) in [6.45, 7) is 4.46. The molecule has 0 fully saturated rings. The number of fused-ring (bicyclic) bond motifs is 4. The molecule has 0 atom stereocenters. The molecule has 0 saturated carbocycles. The SMILES string of the molecule is C=C(/C=C\C=C1\C=CC=CC1)N(c1ccccc1)c1ccc(-c2ccc(-c3cccc(-c4ccc5sc6ccc(-c7cccc8ccccc78)cc6c5c4)c3)cc2)cc1. The third-order valence-corrected chi connectivity index (χ3v) is 12.4. The van der Waals surface area contributed by atoms with Crippen LogP contribution in [0, 0.1) is 0 Å². The maximum absolute atomic E-state index is 4.46. The average Bonchev–Trinajstić information content (AvgIpc) is 3.67. The fourth-order valence-electron chi connectivity index (χ4n) is 8.21. The smallest absolute Gasteiger partial charge is 0.0461 e. The summed E-state index contributed by atoms with van der Waals surface area (Å²) in [6.07, 6.45) is 15.8. The molecule has 1 aromatic heterocycles. The van der Waals surface area contributed by atoms with Crippen molar-refractivity contribution in [3.63, 3.8) is 0 Å². The second-order valence-corrected chi connectivity index (χ2v) is 16.1. The van der Waals surface area contributed by atoms with Gasteiger partial charge in [0, 0.05) is 37.2 Å². The van der Waals surface area contributed by atoms with Gasteiger partial charge in [0.25, 0.3) is 0 Å². The Kier molecular flexibility index (Phi) is 9.76. The number of para-hydroxylation sites is 1. The normalized spacial score (nSPS) is 13.3. The number of nitrogens with zero attached hydrogens (tertiary/aromatic N) is 1. The minimum atomic E-state index is 0.900. The Morgan fingerprint density at radius 3 is 1.81 bits per heavy atom. The fourth-order valence-corrected chi connectivity index (χ4v) is 9.27. The molecule has 0 amide bonds. The lowest BCUT2D eigenvalue weighted by molar-refractivity contribution is 1.22. The predicted molar refractivity (Wildman–Crippen MR) is 256 cm³/mol. The van der Waals surface area contributed by atoms with Crippen molar-refractivity contribution in [3.05, 3.63) is 242 Å². The number of rotatable bonds is 9. The highest BCUT2D eigenvalue weighted by Crippen LogP contribution is 2.40. The third kappa shape index (κ3) is 7.39. The summed E-state index contributed by atoms with van der Waals surface area (Å²) < 4.78 is 2.63. The summed E-state index contributed by atoms with van der Waals surface area (Å²) in [7, 11) is 0. The van der Waals surface area contributed by atoms with E-state index < -0.39 is 0 Å². The molecule has 0 saturated heterocycles. The van der Waals surface area contributed by atoms with Crippen molar-refractivity contribution in [1.29, 1.82) is 0 Å². The molecular weight excluding hydrogens is 731 g/mol. The summed E-state index contributed by atoms with van der Waals surface area (Å²) in [4.78, 5) is 2.20. The minimum Gasteiger partial charge on any atom is -0.311 e. The lowest BCUT2D eigenvalue weighted by atomic mass is 9.95. The second-order valence-electron chi connectivity index (χ2n) is 15.0. The Labute approximate surface area is 350 Å². The van der Waals surface area contributed by atoms with Gasteiger partial charge in [-0.2, -0.15) is 0 Å². The number of anilines is 2. The molecule has 2 heteroatoms. The summed E-state index contributed by atoms with van der Waals surface area (Å²) >= 11 is 1.87. The zero-order valence-corrected chi connectivity index (χ0v) is 33.4. The number of thiophene rings is 1. The van der Waals surface area contributed by atoms with Crippen molar-refractivity contribution in [2.45, 2.75) is 6.42 Å². The van der Waals surface area contributed by atoms with E-state index in [9.17, 15) is 0 Å². The first-order chi connectivity index (χ1) is 29.1. The molecule has 0 aliphatic heterocycles. The highest BCUT2D eigenvalue weighted by atomic mass is 32.1. The number of benzene rings is 8. The van der Waals surface area contributed by atoms with E-state index in [1.165, 1.54) is 81.0 Å². The van der Waals surface area contributed by atoms with Crippen molar-refractivity contribution >= 4 is 53.7 Å². The Bertz CT molecular complexity index is 3110. The van der Waals surface area contributed by atoms with Crippen molar-refractivity contribution in [2.24, 2.45) is 0 Å². The number of hydrogen-bond donors (Lipinski definition) is 0. The number of hydrogen-bond acceptors (Lipinski definition) is 2. The molecule has 59 heavy (non-hydrogen) atoms. The standard InChI is InChI=1S/C57H41NS/c1-40(13-10-16-41-14-4-2-5-15-41)58(50-21-6-3-7-22-50)51-33-29-43(30-34-51)42-25-27-44(28-26-42)46-19-11-20-47(37-46)48-31-35-56-54(38-48)55-39-49(32-36-57(55)59-56)53-24-12-18-45-17-8-9-23-52(45)53/h2-14,16-39H,1,15H2/b13-10-,41-16-. The lowest BCUT2D eigenvalue weighted by Crippen LogP contribution is -2.14. The highest BCUT2D eigenvalue weighted by Gasteiger charge is 2.13. The third-order valence-electron chi connectivity index (χ3n) is 11.3. The first-order valence-electron chi connectivity index (χ1n) is 20.1. The van der Waals surface area contributed by atoms with Crippen LogP contribution in [0.1, 0.15) is 6.42 Å². The zero-order valence-electron chi connectivity index (χ0n) is 32.6. The Balaban J connectivity index is 0.899. The van der Waals surface area contributed by atoms with Gasteiger partial charge >= 0.3 is 0 Å². The molecule has 1 heterocycles. The van der Waals surface area contributed by atoms with Crippen LogP contribution in [0.3, 0.4) is 0 Å². The largest absolute Gasteiger partial charge is 0.311 e. The van der Waals surface area contributed by atoms with Gasteiger partial charge in [0.1, 0.15) is 0 Å². The molecule has 280 valence electrons. The number of allylic oxidation sites excluding steroid dienone is 8. The quantitative estimate of drug-likeness (QED) is 0.132. The van der Waals surface area contributed by atoms with Crippen LogP contribution in [0.25, 0.3) is 75.5 Å². The maximum Gasteiger partial charge on any atom is 0.0461 e. The summed E-state index contributed by atoms with van der Waals surface area (Å²) in [5.41, 5.74) is 14.0. The van der Waals surface area contributed by atoms with Crippen LogP contribution in [-0.2, 0) is 0 Å². The molecule has 1 aliphatic rings. The molecule has 0 radical (unpaired) electrons. The van der Waals surface area contributed by atoms with E-state index in [0.29, 0.717) is 0 Å². The molecule has 8 aromatic carbocycles. The molecular formula is C57H41NS. The van der Waals surface area contributed by atoms with E-state index >= 15 is 0 Å². The van der Waals surface area contributed by atoms with Crippen LogP contribution in [-0.4, -0.2) is 0 Å². The highest BCUT2D eigenvalue weighted by molar-refractivity contribution is 7.25. The minimum absolute atomic E-state index is 0.900. The van der Waals surface area contributed by atoms with Crippen LogP contribution in [0.5, 0.6) is 0 Å². The Morgan fingerprint density at radius 1 is 0.492 bits per heavy atom. The van der Waals surface area contributed by atoms with E-state index in [1.54, 1.807) is 0 Å². The second kappa shape index (κ2) is 15.9. The van der Waals surface area contributed by atoms with Gasteiger partial charge in [0.15, 0.2) is 0 Å². The van der Waals surface area contributed by atoms with Gasteiger partial charge in [-0.1, -0.05) is 170 Å². The van der Waals surface area contributed by atoms with Gasteiger partial charge in [-0.3, -0.25) is 0 Å². The van der Waals surface area contributed by atoms with Gasteiger partial charge in [-0.25, -0.2) is 0 Å². The first-order valence-corrected chi connectivity index (χ1v) is 21.0. The van der Waals surface area contributed by atoms with Crippen LogP contribution >= 0.6 is 11.3 Å². The van der Waals surface area contributed by atoms with Gasteiger partial charge in [0.05, 0.1) is 0 Å². The monoisotopic (exact) mass is 771 g/mol. The Morgan fingerprint density at radius 2 is 1.07 bits per heavy atom. The summed E-state index contributed by atoms with van der Waals surface area (Å²) in [6, 6.07) is 66.2. The van der Waals surface area contributed by atoms with E-state index in [0.717, 1.165) is 23.5 Å². The van der Waals surface area contributed by atoms with E-state index in [1.807, 2.05) is 17.4 Å². The lowest BCUT2D eigenvalue weighted by Gasteiger charge is -2.25. The van der Waals surface area contributed by atoms with Gasteiger partial charge in [0.2, 0.25) is 0 Å². The molecule has 9 aromatic rings. The predicted octanol–water partition coefficient (Wildman–Crippen LogP) is 16.5. The maximum atomic E-state index is 4.46. The van der Waals surface area contributed by atoms with Crippen LogP contribution < -0.4 is 4.90 Å². The molecule has 0 spiro atoms. The molecule has 10 rings (SSSR count). The van der Waals surface area contributed by atoms with E-state index in [-0.39, 0.29) is 0 Å². The van der Waals surface area contributed by atoms with E-state index in [2.05, 4.69) is 230 Å². The van der Waals surface area contributed by atoms with Crippen molar-refractivity contribution in [1.82, 2.24) is 0 Å². The Hall–Kier alpha value is -7.26. The first kappa shape index (κ1) is 36.1. The van der Waals surface area contributed by atoms with Crippen molar-refractivity contribution < 1.29 is 0 Å². The topological polar surface area (TPSA) is 3.24 Å². The molecule has 0 unspecified atom stereocenters. The van der Waals surface area contributed by atoms with Crippen molar-refractivity contribution in [2.75, 3.05) is 4.90 Å².